The largest absolute Gasteiger partial charge is 0.486 e. The molecule has 186 valence electrons. The molecule has 2 aromatic carbocycles. The summed E-state index contributed by atoms with van der Waals surface area (Å²) in [6.45, 7) is 0.819. The maximum atomic E-state index is 13.9. The SMILES string of the molecule is O=C(NC1CCCCC1)[C@@H](c1ccc(F)cc1)N(C(=O)c1ccccn1)c1ccc2c(c1)OCCO2. The van der Waals surface area contributed by atoms with Crippen molar-refractivity contribution in [1.82, 2.24) is 10.3 Å². The first-order valence-corrected chi connectivity index (χ1v) is 12.3. The second-order valence-corrected chi connectivity index (χ2v) is 9.02. The first kappa shape index (κ1) is 23.8. The quantitative estimate of drug-likeness (QED) is 0.537. The third-order valence-corrected chi connectivity index (χ3v) is 6.55. The van der Waals surface area contributed by atoms with Crippen molar-refractivity contribution in [3.05, 3.63) is 83.9 Å². The number of hydrogen-bond donors (Lipinski definition) is 1. The minimum atomic E-state index is -1.05. The van der Waals surface area contributed by atoms with E-state index in [0.717, 1.165) is 32.1 Å². The van der Waals surface area contributed by atoms with Crippen LogP contribution in [0.25, 0.3) is 0 Å². The molecule has 0 bridgehead atoms. The van der Waals surface area contributed by atoms with Gasteiger partial charge in [0.05, 0.1) is 0 Å². The predicted molar refractivity (Wildman–Crippen MR) is 133 cm³/mol. The van der Waals surface area contributed by atoms with Crippen molar-refractivity contribution in [2.75, 3.05) is 18.1 Å². The summed E-state index contributed by atoms with van der Waals surface area (Å²) in [5, 5.41) is 3.15. The Labute approximate surface area is 209 Å². The Balaban J connectivity index is 1.60. The van der Waals surface area contributed by atoms with Gasteiger partial charge in [0.25, 0.3) is 5.91 Å². The molecule has 7 nitrogen and oxygen atoms in total. The number of halogens is 1. The molecule has 1 atom stereocenters. The maximum absolute atomic E-state index is 13.9. The molecule has 1 N–H and O–H groups in total. The van der Waals surface area contributed by atoms with Gasteiger partial charge in [0.15, 0.2) is 11.5 Å². The Morgan fingerprint density at radius 2 is 1.69 bits per heavy atom. The van der Waals surface area contributed by atoms with E-state index in [-0.39, 0.29) is 17.6 Å². The fourth-order valence-corrected chi connectivity index (χ4v) is 4.77. The normalized spacial score (nSPS) is 16.1. The Bertz CT molecular complexity index is 1210. The first-order valence-electron chi connectivity index (χ1n) is 12.3. The Kier molecular flexibility index (Phi) is 7.11. The molecule has 0 spiro atoms. The highest BCUT2D eigenvalue weighted by Crippen LogP contribution is 2.38. The van der Waals surface area contributed by atoms with Crippen LogP contribution in [-0.4, -0.2) is 36.1 Å². The van der Waals surface area contributed by atoms with Gasteiger partial charge in [0, 0.05) is 24.0 Å². The van der Waals surface area contributed by atoms with Gasteiger partial charge in [-0.3, -0.25) is 19.5 Å². The van der Waals surface area contributed by atoms with Crippen molar-refractivity contribution >= 4 is 17.5 Å². The van der Waals surface area contributed by atoms with E-state index >= 15 is 0 Å². The number of amides is 2. The molecule has 2 aliphatic rings. The van der Waals surface area contributed by atoms with Gasteiger partial charge >= 0.3 is 0 Å². The number of anilines is 1. The van der Waals surface area contributed by atoms with Gasteiger partial charge in [-0.25, -0.2) is 4.39 Å². The third-order valence-electron chi connectivity index (χ3n) is 6.55. The molecular formula is C28H28FN3O4. The highest BCUT2D eigenvalue weighted by Gasteiger charge is 2.35. The second-order valence-electron chi connectivity index (χ2n) is 9.02. The van der Waals surface area contributed by atoms with Gasteiger partial charge in [0.2, 0.25) is 5.91 Å². The van der Waals surface area contributed by atoms with Crippen molar-refractivity contribution in [3.63, 3.8) is 0 Å². The number of benzene rings is 2. The van der Waals surface area contributed by atoms with Crippen LogP contribution in [0.15, 0.2) is 66.9 Å². The lowest BCUT2D eigenvalue weighted by Gasteiger charge is -2.34. The number of carbonyl (C=O) groups excluding carboxylic acids is 2. The van der Waals surface area contributed by atoms with Crippen LogP contribution < -0.4 is 19.7 Å². The lowest BCUT2D eigenvalue weighted by atomic mass is 9.94. The van der Waals surface area contributed by atoms with Gasteiger partial charge in [-0.05, 0) is 54.8 Å². The molecule has 1 aliphatic carbocycles. The molecule has 1 fully saturated rings. The fourth-order valence-electron chi connectivity index (χ4n) is 4.77. The van der Waals surface area contributed by atoms with Gasteiger partial charge in [-0.2, -0.15) is 0 Å². The molecule has 0 saturated heterocycles. The molecule has 3 aromatic rings. The third kappa shape index (κ3) is 5.17. The van der Waals surface area contributed by atoms with E-state index < -0.39 is 17.8 Å². The summed E-state index contributed by atoms with van der Waals surface area (Å²) in [5.74, 6) is -0.150. The molecule has 2 heterocycles. The first-order chi connectivity index (χ1) is 17.6. The average molecular weight is 490 g/mol. The van der Waals surface area contributed by atoms with Crippen LogP contribution in [0.4, 0.5) is 10.1 Å². The predicted octanol–water partition coefficient (Wildman–Crippen LogP) is 4.83. The zero-order valence-electron chi connectivity index (χ0n) is 19.9. The number of nitrogens with zero attached hydrogens (tertiary/aromatic N) is 2. The minimum Gasteiger partial charge on any atom is -0.486 e. The van der Waals surface area contributed by atoms with Gasteiger partial charge in [0.1, 0.15) is 30.8 Å². The minimum absolute atomic E-state index is 0.0290. The van der Waals surface area contributed by atoms with Crippen LogP contribution in [0.3, 0.4) is 0 Å². The Hall–Kier alpha value is -3.94. The molecular weight excluding hydrogens is 461 g/mol. The van der Waals surface area contributed by atoms with E-state index in [9.17, 15) is 14.0 Å². The highest BCUT2D eigenvalue weighted by molar-refractivity contribution is 6.09. The van der Waals surface area contributed by atoms with Gasteiger partial charge in [-0.15, -0.1) is 0 Å². The van der Waals surface area contributed by atoms with Crippen LogP contribution in [0.5, 0.6) is 11.5 Å². The lowest BCUT2D eigenvalue weighted by molar-refractivity contribution is -0.123. The van der Waals surface area contributed by atoms with Crippen molar-refractivity contribution < 1.29 is 23.5 Å². The summed E-state index contributed by atoms with van der Waals surface area (Å²) >= 11 is 0. The molecule has 2 amide bonds. The van der Waals surface area contributed by atoms with Crippen molar-refractivity contribution in [2.45, 2.75) is 44.2 Å². The van der Waals surface area contributed by atoms with Crippen molar-refractivity contribution in [2.24, 2.45) is 0 Å². The van der Waals surface area contributed by atoms with Gasteiger partial charge in [-0.1, -0.05) is 37.5 Å². The summed E-state index contributed by atoms with van der Waals surface area (Å²) in [7, 11) is 0. The summed E-state index contributed by atoms with van der Waals surface area (Å²) < 4.78 is 25.2. The second kappa shape index (κ2) is 10.8. The van der Waals surface area contributed by atoms with E-state index in [2.05, 4.69) is 10.3 Å². The van der Waals surface area contributed by atoms with E-state index in [0.29, 0.717) is 36.0 Å². The van der Waals surface area contributed by atoms with E-state index in [1.165, 1.54) is 35.4 Å². The van der Waals surface area contributed by atoms with Crippen LogP contribution >= 0.6 is 0 Å². The Morgan fingerprint density at radius 1 is 0.944 bits per heavy atom. The van der Waals surface area contributed by atoms with Crippen molar-refractivity contribution in [1.29, 1.82) is 0 Å². The topological polar surface area (TPSA) is 80.8 Å². The summed E-state index contributed by atoms with van der Waals surface area (Å²) in [4.78, 5) is 33.4. The molecule has 0 unspecified atom stereocenters. The molecule has 5 rings (SSSR count). The van der Waals surface area contributed by atoms with Crippen LogP contribution in [0, 0.1) is 5.82 Å². The number of rotatable bonds is 6. The standard InChI is InChI=1S/C28H28FN3O4/c29-20-11-9-19(10-12-20)26(27(33)31-21-6-2-1-3-7-21)32(28(34)23-8-4-5-15-30-23)22-13-14-24-25(18-22)36-17-16-35-24/h4-5,8-15,18,21,26H,1-3,6-7,16-17H2,(H,31,33)/t26-/m1/s1. The van der Waals surface area contributed by atoms with Crippen LogP contribution in [0.1, 0.15) is 54.2 Å². The monoisotopic (exact) mass is 489 g/mol. The highest BCUT2D eigenvalue weighted by atomic mass is 19.1. The van der Waals surface area contributed by atoms with Gasteiger partial charge < -0.3 is 14.8 Å². The smallest absolute Gasteiger partial charge is 0.277 e. The maximum Gasteiger partial charge on any atom is 0.277 e. The van der Waals surface area contributed by atoms with E-state index in [1.807, 2.05) is 0 Å². The summed E-state index contributed by atoms with van der Waals surface area (Å²) in [5.41, 5.74) is 1.12. The number of pyridine rings is 1. The molecule has 1 aliphatic heterocycles. The Morgan fingerprint density at radius 3 is 2.42 bits per heavy atom. The van der Waals surface area contributed by atoms with Crippen molar-refractivity contribution in [3.8, 4) is 11.5 Å². The molecule has 1 saturated carbocycles. The molecule has 8 heteroatoms. The average Bonchev–Trinajstić information content (AvgIpc) is 2.93. The molecule has 0 radical (unpaired) electrons. The van der Waals surface area contributed by atoms with E-state index in [1.54, 1.807) is 36.4 Å². The summed E-state index contributed by atoms with van der Waals surface area (Å²) in [6, 6.07) is 14.8. The van der Waals surface area contributed by atoms with Crippen LogP contribution in [0.2, 0.25) is 0 Å². The number of fused-ring (bicyclic) bond motifs is 1. The number of aromatic nitrogens is 1. The number of nitrogens with one attached hydrogen (secondary N) is 1. The molecule has 1 aromatic heterocycles. The zero-order chi connectivity index (χ0) is 24.9. The fraction of sp³-hybridized carbons (Fsp3) is 0.321. The molecule has 36 heavy (non-hydrogen) atoms. The number of ether oxygens (including phenoxy) is 2. The summed E-state index contributed by atoms with van der Waals surface area (Å²) in [6.07, 6.45) is 6.55. The lowest BCUT2D eigenvalue weighted by Crippen LogP contribution is -2.47. The number of carbonyl (C=O) groups is 2. The zero-order valence-corrected chi connectivity index (χ0v) is 19.9. The van der Waals surface area contributed by atoms with Crippen LogP contribution in [-0.2, 0) is 4.79 Å². The number of hydrogen-bond acceptors (Lipinski definition) is 5. The van der Waals surface area contributed by atoms with E-state index in [4.69, 9.17) is 9.47 Å².